The Bertz CT molecular complexity index is 1030. The largest absolute Gasteiger partial charge is 0.451 e. The molecule has 6 nitrogen and oxygen atoms in total. The molecule has 0 unspecified atom stereocenters. The van der Waals surface area contributed by atoms with Gasteiger partial charge in [-0.25, -0.2) is 9.78 Å². The maximum Gasteiger partial charge on any atom is 0.358 e. The standard InChI is InChI=1S/C17H10ClN3O3S2/c18-12-3-1-10(2-4-12)15-21-20-14(24-15)7-23-17(22)13-9-26-16(19-13)11-5-6-25-8-11/h1-6,8-9H,7H2. The van der Waals surface area contributed by atoms with Crippen LogP contribution < -0.4 is 0 Å². The summed E-state index contributed by atoms with van der Waals surface area (Å²) in [6.45, 7) is -0.120. The highest BCUT2D eigenvalue weighted by molar-refractivity contribution is 7.14. The Morgan fingerprint density at radius 1 is 1.12 bits per heavy atom. The molecular formula is C17H10ClN3O3S2. The van der Waals surface area contributed by atoms with E-state index in [2.05, 4.69) is 15.2 Å². The van der Waals surface area contributed by atoms with Crippen molar-refractivity contribution in [2.24, 2.45) is 0 Å². The van der Waals surface area contributed by atoms with Crippen molar-refractivity contribution in [1.82, 2.24) is 15.2 Å². The fraction of sp³-hybridized carbons (Fsp3) is 0.0588. The highest BCUT2D eigenvalue weighted by Crippen LogP contribution is 2.26. The predicted molar refractivity (Wildman–Crippen MR) is 99.3 cm³/mol. The molecular weight excluding hydrogens is 394 g/mol. The van der Waals surface area contributed by atoms with E-state index in [1.54, 1.807) is 41.0 Å². The molecule has 0 atom stereocenters. The third kappa shape index (κ3) is 3.67. The minimum absolute atomic E-state index is 0.120. The fourth-order valence-corrected chi connectivity index (χ4v) is 3.74. The van der Waals surface area contributed by atoms with Gasteiger partial charge in [-0.1, -0.05) is 11.6 Å². The zero-order chi connectivity index (χ0) is 17.9. The van der Waals surface area contributed by atoms with Gasteiger partial charge in [0, 0.05) is 26.9 Å². The smallest absolute Gasteiger partial charge is 0.358 e. The van der Waals surface area contributed by atoms with Gasteiger partial charge >= 0.3 is 5.97 Å². The van der Waals surface area contributed by atoms with Crippen molar-refractivity contribution in [3.63, 3.8) is 0 Å². The number of benzene rings is 1. The average Bonchev–Trinajstić information content (AvgIpc) is 3.41. The lowest BCUT2D eigenvalue weighted by Crippen LogP contribution is -2.05. The summed E-state index contributed by atoms with van der Waals surface area (Å²) in [5.41, 5.74) is 1.98. The van der Waals surface area contributed by atoms with Crippen LogP contribution in [0.3, 0.4) is 0 Å². The van der Waals surface area contributed by atoms with Crippen LogP contribution in [0, 0.1) is 0 Å². The molecule has 3 aromatic heterocycles. The van der Waals surface area contributed by atoms with Crippen molar-refractivity contribution in [1.29, 1.82) is 0 Å². The van der Waals surface area contributed by atoms with E-state index in [9.17, 15) is 4.79 Å². The lowest BCUT2D eigenvalue weighted by molar-refractivity contribution is 0.0433. The molecule has 0 fully saturated rings. The monoisotopic (exact) mass is 403 g/mol. The molecule has 0 N–H and O–H groups in total. The fourth-order valence-electron chi connectivity index (χ4n) is 2.11. The number of rotatable bonds is 5. The minimum atomic E-state index is -0.533. The summed E-state index contributed by atoms with van der Waals surface area (Å²) in [5.74, 6) is 0.00618. The van der Waals surface area contributed by atoms with Gasteiger partial charge in [-0.3, -0.25) is 0 Å². The third-order valence-corrected chi connectivity index (χ3v) is 5.19. The lowest BCUT2D eigenvalue weighted by Gasteiger charge is -1.98. The number of ether oxygens (including phenoxy) is 1. The molecule has 4 aromatic rings. The van der Waals surface area contributed by atoms with Crippen LogP contribution >= 0.6 is 34.3 Å². The number of hydrogen-bond donors (Lipinski definition) is 0. The molecule has 0 bridgehead atoms. The van der Waals surface area contributed by atoms with Gasteiger partial charge in [-0.2, -0.15) is 11.3 Å². The summed E-state index contributed by atoms with van der Waals surface area (Å²) in [4.78, 5) is 16.4. The van der Waals surface area contributed by atoms with Crippen molar-refractivity contribution < 1.29 is 13.9 Å². The van der Waals surface area contributed by atoms with Crippen LogP contribution in [0.5, 0.6) is 0 Å². The SMILES string of the molecule is O=C(OCc1nnc(-c2ccc(Cl)cc2)o1)c1csc(-c2ccsc2)n1. The maximum atomic E-state index is 12.1. The Morgan fingerprint density at radius 3 is 2.73 bits per heavy atom. The molecule has 0 spiro atoms. The summed E-state index contributed by atoms with van der Waals surface area (Å²) in [6, 6.07) is 8.96. The zero-order valence-corrected chi connectivity index (χ0v) is 15.5. The summed E-state index contributed by atoms with van der Waals surface area (Å²) in [5, 5.41) is 14.8. The Hall–Kier alpha value is -2.55. The number of hydrogen-bond acceptors (Lipinski definition) is 8. The number of nitrogens with zero attached hydrogens (tertiary/aromatic N) is 3. The van der Waals surface area contributed by atoms with Gasteiger partial charge in [0.15, 0.2) is 12.3 Å². The first-order valence-electron chi connectivity index (χ1n) is 7.42. The molecule has 0 saturated carbocycles. The number of carbonyl (C=O) groups excluding carboxylic acids is 1. The maximum absolute atomic E-state index is 12.1. The summed E-state index contributed by atoms with van der Waals surface area (Å²) < 4.78 is 10.7. The van der Waals surface area contributed by atoms with Crippen LogP contribution in [0.15, 0.2) is 50.9 Å². The number of thiophene rings is 1. The number of esters is 1. The van der Waals surface area contributed by atoms with Crippen LogP contribution in [0.2, 0.25) is 5.02 Å². The second kappa shape index (κ2) is 7.36. The van der Waals surface area contributed by atoms with Gasteiger partial charge in [0.2, 0.25) is 5.89 Å². The van der Waals surface area contributed by atoms with Crippen LogP contribution in [-0.4, -0.2) is 21.2 Å². The van der Waals surface area contributed by atoms with Crippen molar-refractivity contribution >= 4 is 40.2 Å². The van der Waals surface area contributed by atoms with Crippen molar-refractivity contribution in [3.8, 4) is 22.0 Å². The first kappa shape index (κ1) is 16.9. The van der Waals surface area contributed by atoms with Gasteiger partial charge in [0.25, 0.3) is 5.89 Å². The topological polar surface area (TPSA) is 78.1 Å². The number of aromatic nitrogens is 3. The molecule has 4 rings (SSSR count). The van der Waals surface area contributed by atoms with E-state index in [1.807, 2.05) is 16.8 Å². The van der Waals surface area contributed by atoms with Gasteiger partial charge in [-0.15, -0.1) is 21.5 Å². The first-order chi connectivity index (χ1) is 12.7. The van der Waals surface area contributed by atoms with Gasteiger partial charge in [0.1, 0.15) is 5.01 Å². The van der Waals surface area contributed by atoms with E-state index >= 15 is 0 Å². The second-order valence-corrected chi connectivity index (χ2v) is 7.21. The normalized spacial score (nSPS) is 10.8. The van der Waals surface area contributed by atoms with Gasteiger partial charge in [0.05, 0.1) is 0 Å². The van der Waals surface area contributed by atoms with E-state index in [0.29, 0.717) is 10.9 Å². The third-order valence-electron chi connectivity index (χ3n) is 3.37. The van der Waals surface area contributed by atoms with Crippen LogP contribution in [0.4, 0.5) is 0 Å². The summed E-state index contributed by atoms with van der Waals surface area (Å²) in [6.07, 6.45) is 0. The molecule has 9 heteroatoms. The van der Waals surface area contributed by atoms with Crippen LogP contribution in [0.1, 0.15) is 16.4 Å². The minimum Gasteiger partial charge on any atom is -0.451 e. The van der Waals surface area contributed by atoms with Gasteiger partial charge in [-0.05, 0) is 35.7 Å². The van der Waals surface area contributed by atoms with Crippen molar-refractivity contribution in [2.45, 2.75) is 6.61 Å². The van der Waals surface area contributed by atoms with E-state index in [-0.39, 0.29) is 18.2 Å². The molecule has 0 aliphatic rings. The Kier molecular flexibility index (Phi) is 4.79. The Balaban J connectivity index is 1.40. The molecule has 0 aliphatic heterocycles. The number of carbonyl (C=O) groups is 1. The molecule has 0 amide bonds. The second-order valence-electron chi connectivity index (χ2n) is 5.13. The average molecular weight is 404 g/mol. The molecule has 26 heavy (non-hydrogen) atoms. The van der Waals surface area contributed by atoms with Crippen LogP contribution in [-0.2, 0) is 11.3 Å². The van der Waals surface area contributed by atoms with Crippen molar-refractivity contribution in [2.75, 3.05) is 0 Å². The molecule has 0 radical (unpaired) electrons. The molecule has 0 aliphatic carbocycles. The number of thiazole rings is 1. The van der Waals surface area contributed by atoms with E-state index in [1.165, 1.54) is 11.3 Å². The van der Waals surface area contributed by atoms with Gasteiger partial charge < -0.3 is 9.15 Å². The number of halogens is 1. The molecule has 1 aromatic carbocycles. The Morgan fingerprint density at radius 2 is 1.96 bits per heavy atom. The zero-order valence-electron chi connectivity index (χ0n) is 13.1. The molecule has 3 heterocycles. The van der Waals surface area contributed by atoms with E-state index < -0.39 is 5.97 Å². The Labute approximate surface area is 161 Å². The first-order valence-corrected chi connectivity index (χ1v) is 9.62. The molecule has 0 saturated heterocycles. The lowest BCUT2D eigenvalue weighted by atomic mass is 10.2. The quantitative estimate of drug-likeness (QED) is 0.439. The predicted octanol–water partition coefficient (Wildman–Crippen LogP) is 4.93. The summed E-state index contributed by atoms with van der Waals surface area (Å²) >= 11 is 8.82. The van der Waals surface area contributed by atoms with Crippen LogP contribution in [0.25, 0.3) is 22.0 Å². The highest BCUT2D eigenvalue weighted by Gasteiger charge is 2.16. The van der Waals surface area contributed by atoms with E-state index in [0.717, 1.165) is 16.1 Å². The highest BCUT2D eigenvalue weighted by atomic mass is 35.5. The molecule has 130 valence electrons. The van der Waals surface area contributed by atoms with E-state index in [4.69, 9.17) is 20.8 Å². The summed E-state index contributed by atoms with van der Waals surface area (Å²) in [7, 11) is 0. The van der Waals surface area contributed by atoms with Crippen molar-refractivity contribution in [3.05, 3.63) is 63.1 Å².